The number of rotatable bonds is 6. The van der Waals surface area contributed by atoms with Gasteiger partial charge in [-0.3, -0.25) is 4.79 Å². The molecule has 3 rings (SSSR count). The molecule has 1 aliphatic carbocycles. The summed E-state index contributed by atoms with van der Waals surface area (Å²) < 4.78 is 67.5. The van der Waals surface area contributed by atoms with E-state index in [0.29, 0.717) is 30.0 Å². The van der Waals surface area contributed by atoms with E-state index in [1.165, 1.54) is 7.05 Å². The number of carbonyl (C=O) groups excluding carboxylic acids is 1. The van der Waals surface area contributed by atoms with Crippen LogP contribution < -0.4 is 5.32 Å². The van der Waals surface area contributed by atoms with Gasteiger partial charge in [-0.25, -0.2) is 21.6 Å². The molecule has 0 heterocycles. The number of benzene rings is 2. The van der Waals surface area contributed by atoms with Crippen LogP contribution in [0.25, 0.3) is 0 Å². The molecule has 0 aromatic heterocycles. The number of hydrogen-bond donors (Lipinski definition) is 1. The van der Waals surface area contributed by atoms with E-state index >= 15 is 0 Å². The molecule has 2 aromatic carbocycles. The first kappa shape index (κ1) is 19.4. The van der Waals surface area contributed by atoms with Crippen molar-refractivity contribution in [2.45, 2.75) is 30.3 Å². The maximum atomic E-state index is 14.1. The van der Waals surface area contributed by atoms with Gasteiger partial charge in [-0.05, 0) is 42.7 Å². The van der Waals surface area contributed by atoms with Crippen LogP contribution in [0, 0.1) is 17.5 Å². The van der Waals surface area contributed by atoms with Crippen molar-refractivity contribution >= 4 is 15.9 Å². The number of halogens is 3. The fourth-order valence-corrected chi connectivity index (χ4v) is 4.42. The van der Waals surface area contributed by atoms with Gasteiger partial charge in [-0.15, -0.1) is 0 Å². The summed E-state index contributed by atoms with van der Waals surface area (Å²) in [6, 6.07) is 7.27. The lowest BCUT2D eigenvalue weighted by Crippen LogP contribution is -2.33. The third-order valence-electron chi connectivity index (χ3n) is 4.32. The predicted octanol–water partition coefficient (Wildman–Crippen LogP) is 2.82. The Balaban J connectivity index is 1.92. The van der Waals surface area contributed by atoms with Crippen molar-refractivity contribution in [2.24, 2.45) is 0 Å². The molecule has 0 unspecified atom stereocenters. The van der Waals surface area contributed by atoms with Crippen LogP contribution in [0.3, 0.4) is 0 Å². The van der Waals surface area contributed by atoms with Gasteiger partial charge in [0.05, 0.1) is 0 Å². The zero-order chi connectivity index (χ0) is 19.8. The second-order valence-corrected chi connectivity index (χ2v) is 8.09. The van der Waals surface area contributed by atoms with Gasteiger partial charge < -0.3 is 5.32 Å². The Morgan fingerprint density at radius 1 is 1.07 bits per heavy atom. The SMILES string of the molecule is CNC(=O)c1ccc(CN(C2CC2)S(=O)(=O)c2ccc(F)c(F)c2F)cc1. The Hall–Kier alpha value is -2.39. The molecule has 5 nitrogen and oxygen atoms in total. The first-order chi connectivity index (χ1) is 12.8. The van der Waals surface area contributed by atoms with E-state index in [2.05, 4.69) is 5.32 Å². The van der Waals surface area contributed by atoms with Gasteiger partial charge in [-0.2, -0.15) is 4.31 Å². The van der Waals surface area contributed by atoms with Gasteiger partial charge in [0, 0.05) is 25.2 Å². The first-order valence-electron chi connectivity index (χ1n) is 8.22. The number of nitrogens with one attached hydrogen (secondary N) is 1. The van der Waals surface area contributed by atoms with Crippen molar-refractivity contribution in [1.29, 1.82) is 0 Å². The van der Waals surface area contributed by atoms with Gasteiger partial charge in [-0.1, -0.05) is 12.1 Å². The Morgan fingerprint density at radius 3 is 2.26 bits per heavy atom. The summed E-state index contributed by atoms with van der Waals surface area (Å²) in [4.78, 5) is 10.7. The molecule has 27 heavy (non-hydrogen) atoms. The lowest BCUT2D eigenvalue weighted by molar-refractivity contribution is 0.0963. The van der Waals surface area contributed by atoms with E-state index in [-0.39, 0.29) is 18.5 Å². The van der Waals surface area contributed by atoms with Crippen molar-refractivity contribution in [2.75, 3.05) is 7.05 Å². The van der Waals surface area contributed by atoms with E-state index in [1.807, 2.05) is 0 Å². The smallest absolute Gasteiger partial charge is 0.251 e. The summed E-state index contributed by atoms with van der Waals surface area (Å²) in [6.45, 7) is -0.0700. The molecule has 0 saturated heterocycles. The topological polar surface area (TPSA) is 66.5 Å². The number of nitrogens with zero attached hydrogens (tertiary/aromatic N) is 1. The highest BCUT2D eigenvalue weighted by molar-refractivity contribution is 7.89. The predicted molar refractivity (Wildman–Crippen MR) is 91.9 cm³/mol. The summed E-state index contributed by atoms with van der Waals surface area (Å²) in [5.74, 6) is -5.27. The van der Waals surface area contributed by atoms with E-state index in [0.717, 1.165) is 10.4 Å². The maximum absolute atomic E-state index is 14.1. The maximum Gasteiger partial charge on any atom is 0.251 e. The number of amides is 1. The molecule has 144 valence electrons. The lowest BCUT2D eigenvalue weighted by Gasteiger charge is -2.22. The minimum Gasteiger partial charge on any atom is -0.355 e. The van der Waals surface area contributed by atoms with Crippen LogP contribution in [-0.4, -0.2) is 31.7 Å². The zero-order valence-corrected chi connectivity index (χ0v) is 15.2. The molecule has 0 spiro atoms. The first-order valence-corrected chi connectivity index (χ1v) is 9.66. The van der Waals surface area contributed by atoms with Crippen molar-refractivity contribution in [3.05, 3.63) is 65.0 Å². The highest BCUT2D eigenvalue weighted by Gasteiger charge is 2.40. The molecule has 1 fully saturated rings. The normalized spacial score (nSPS) is 14.4. The van der Waals surface area contributed by atoms with Crippen LogP contribution in [0.1, 0.15) is 28.8 Å². The fourth-order valence-electron chi connectivity index (χ4n) is 2.69. The van der Waals surface area contributed by atoms with Gasteiger partial charge in [0.1, 0.15) is 4.90 Å². The molecule has 1 N–H and O–H groups in total. The zero-order valence-electron chi connectivity index (χ0n) is 14.4. The van der Waals surface area contributed by atoms with Crippen molar-refractivity contribution in [3.8, 4) is 0 Å². The van der Waals surface area contributed by atoms with Gasteiger partial charge in [0.2, 0.25) is 10.0 Å². The second kappa shape index (κ2) is 7.32. The van der Waals surface area contributed by atoms with Gasteiger partial charge >= 0.3 is 0 Å². The molecule has 1 saturated carbocycles. The summed E-state index contributed by atoms with van der Waals surface area (Å²) in [6.07, 6.45) is 1.20. The van der Waals surface area contributed by atoms with Gasteiger partial charge in [0.25, 0.3) is 5.91 Å². The molecule has 0 aliphatic heterocycles. The monoisotopic (exact) mass is 398 g/mol. The number of carbonyl (C=O) groups is 1. The van der Waals surface area contributed by atoms with E-state index in [4.69, 9.17) is 0 Å². The molecular formula is C18H17F3N2O3S. The van der Waals surface area contributed by atoms with E-state index < -0.39 is 32.4 Å². The van der Waals surface area contributed by atoms with Crippen molar-refractivity contribution in [1.82, 2.24) is 9.62 Å². The van der Waals surface area contributed by atoms with E-state index in [1.54, 1.807) is 24.3 Å². The highest BCUT2D eigenvalue weighted by Crippen LogP contribution is 2.34. The minimum absolute atomic E-state index is 0.0700. The third kappa shape index (κ3) is 3.84. The summed E-state index contributed by atoms with van der Waals surface area (Å²) in [5.41, 5.74) is 0.995. The highest BCUT2D eigenvalue weighted by atomic mass is 32.2. The average molecular weight is 398 g/mol. The van der Waals surface area contributed by atoms with Crippen LogP contribution in [-0.2, 0) is 16.6 Å². The fraction of sp³-hybridized carbons (Fsp3) is 0.278. The van der Waals surface area contributed by atoms with Crippen LogP contribution in [0.2, 0.25) is 0 Å². The standard InChI is InChI=1S/C18H17F3N2O3S/c1-22-18(24)12-4-2-11(3-5-12)10-23(13-6-7-13)27(25,26)15-9-8-14(19)16(20)17(15)21/h2-5,8-9,13H,6-7,10H2,1H3,(H,22,24). The Labute approximate surface area is 154 Å². The summed E-state index contributed by atoms with van der Waals surface area (Å²) >= 11 is 0. The molecule has 0 bridgehead atoms. The number of hydrogen-bond acceptors (Lipinski definition) is 3. The molecule has 2 aromatic rings. The number of sulfonamides is 1. The lowest BCUT2D eigenvalue weighted by atomic mass is 10.1. The van der Waals surface area contributed by atoms with Crippen LogP contribution in [0.5, 0.6) is 0 Å². The minimum atomic E-state index is -4.36. The molecule has 1 aliphatic rings. The Bertz CT molecular complexity index is 974. The second-order valence-electron chi connectivity index (χ2n) is 6.23. The molecular weight excluding hydrogens is 381 g/mol. The molecule has 0 atom stereocenters. The average Bonchev–Trinajstić information content (AvgIpc) is 3.48. The van der Waals surface area contributed by atoms with E-state index in [9.17, 15) is 26.4 Å². The quantitative estimate of drug-likeness (QED) is 0.761. The summed E-state index contributed by atoms with van der Waals surface area (Å²) in [7, 11) is -2.87. The molecule has 0 radical (unpaired) electrons. The largest absolute Gasteiger partial charge is 0.355 e. The molecule has 1 amide bonds. The summed E-state index contributed by atoms with van der Waals surface area (Å²) in [5, 5.41) is 2.48. The molecule has 9 heteroatoms. The van der Waals surface area contributed by atoms with Crippen LogP contribution in [0.4, 0.5) is 13.2 Å². The van der Waals surface area contributed by atoms with Crippen LogP contribution >= 0.6 is 0 Å². The van der Waals surface area contributed by atoms with Crippen molar-refractivity contribution < 1.29 is 26.4 Å². The Morgan fingerprint density at radius 2 is 1.70 bits per heavy atom. The Kier molecular flexibility index (Phi) is 5.25. The van der Waals surface area contributed by atoms with Crippen LogP contribution in [0.15, 0.2) is 41.3 Å². The van der Waals surface area contributed by atoms with Crippen molar-refractivity contribution in [3.63, 3.8) is 0 Å². The third-order valence-corrected chi connectivity index (χ3v) is 6.24. The van der Waals surface area contributed by atoms with Gasteiger partial charge in [0.15, 0.2) is 17.5 Å².